The highest BCUT2D eigenvalue weighted by Gasteiger charge is 2.11. The predicted molar refractivity (Wildman–Crippen MR) is 130 cm³/mol. The number of carbonyl (C=O) groups excluding carboxylic acids is 1. The first kappa shape index (κ1) is 23.3. The Morgan fingerprint density at radius 3 is 2.48 bits per heavy atom. The van der Waals surface area contributed by atoms with Crippen LogP contribution in [0.2, 0.25) is 5.02 Å². The number of nitrogens with one attached hydrogen (secondary N) is 1. The molecular formula is C26H34ClN3O. The Morgan fingerprint density at radius 2 is 1.68 bits per heavy atom. The Labute approximate surface area is 191 Å². The van der Waals surface area contributed by atoms with E-state index in [1.54, 1.807) is 0 Å². The summed E-state index contributed by atoms with van der Waals surface area (Å²) in [6.07, 6.45) is 10.1. The number of para-hydroxylation sites is 2. The fraction of sp³-hybridized carbons (Fsp3) is 0.462. The molecule has 31 heavy (non-hydrogen) atoms. The number of benzene rings is 2. The molecule has 0 fully saturated rings. The van der Waals surface area contributed by atoms with Crippen molar-refractivity contribution in [3.63, 3.8) is 0 Å². The molecule has 0 saturated heterocycles. The molecule has 0 aliphatic rings. The summed E-state index contributed by atoms with van der Waals surface area (Å²) in [5.41, 5.74) is 3.07. The van der Waals surface area contributed by atoms with Crippen LogP contribution in [0.5, 0.6) is 0 Å². The quantitative estimate of drug-likeness (QED) is 0.316. The van der Waals surface area contributed by atoms with E-state index >= 15 is 0 Å². The lowest BCUT2D eigenvalue weighted by atomic mass is 10.1. The number of aryl methyl sites for hydroxylation is 1. The molecule has 0 bridgehead atoms. The van der Waals surface area contributed by atoms with Crippen molar-refractivity contribution in [1.29, 1.82) is 0 Å². The van der Waals surface area contributed by atoms with Gasteiger partial charge >= 0.3 is 0 Å². The van der Waals surface area contributed by atoms with E-state index in [1.807, 2.05) is 30.3 Å². The lowest BCUT2D eigenvalue weighted by molar-refractivity contribution is -0.120. The van der Waals surface area contributed by atoms with Gasteiger partial charge in [-0.05, 0) is 30.2 Å². The third-order valence-electron chi connectivity index (χ3n) is 5.70. The molecule has 1 aromatic heterocycles. The van der Waals surface area contributed by atoms with Gasteiger partial charge in [-0.15, -0.1) is 0 Å². The second-order valence-corrected chi connectivity index (χ2v) is 8.57. The average molecular weight is 440 g/mol. The molecule has 5 heteroatoms. The fourth-order valence-electron chi connectivity index (χ4n) is 3.98. The van der Waals surface area contributed by atoms with Crippen LogP contribution in [0, 0.1) is 0 Å². The second-order valence-electron chi connectivity index (χ2n) is 8.16. The number of amides is 1. The maximum atomic E-state index is 12.3. The summed E-state index contributed by atoms with van der Waals surface area (Å²) in [5.74, 6) is 1.04. The molecule has 0 aliphatic carbocycles. The van der Waals surface area contributed by atoms with Crippen molar-refractivity contribution >= 4 is 28.5 Å². The van der Waals surface area contributed by atoms with Crippen LogP contribution in [0.3, 0.4) is 0 Å². The van der Waals surface area contributed by atoms with Crippen LogP contribution in [-0.2, 0) is 24.2 Å². The van der Waals surface area contributed by atoms with Gasteiger partial charge in [0.15, 0.2) is 0 Å². The normalized spacial score (nSPS) is 11.2. The van der Waals surface area contributed by atoms with E-state index in [9.17, 15) is 4.79 Å². The van der Waals surface area contributed by atoms with Gasteiger partial charge in [0.1, 0.15) is 5.82 Å². The Hall–Kier alpha value is -2.33. The predicted octanol–water partition coefficient (Wildman–Crippen LogP) is 6.34. The largest absolute Gasteiger partial charge is 0.355 e. The zero-order chi connectivity index (χ0) is 21.9. The summed E-state index contributed by atoms with van der Waals surface area (Å²) in [4.78, 5) is 17.2. The first-order valence-electron chi connectivity index (χ1n) is 11.6. The van der Waals surface area contributed by atoms with Gasteiger partial charge in [0.2, 0.25) is 5.91 Å². The molecule has 0 aliphatic heterocycles. The third-order valence-corrected chi connectivity index (χ3v) is 6.07. The second kappa shape index (κ2) is 12.5. The average Bonchev–Trinajstić information content (AvgIpc) is 3.12. The van der Waals surface area contributed by atoms with Gasteiger partial charge in [0, 0.05) is 24.5 Å². The molecule has 1 heterocycles. The molecule has 1 N–H and O–H groups in total. The summed E-state index contributed by atoms with van der Waals surface area (Å²) >= 11 is 6.17. The zero-order valence-corrected chi connectivity index (χ0v) is 19.3. The van der Waals surface area contributed by atoms with E-state index in [4.69, 9.17) is 16.6 Å². The molecular weight excluding hydrogens is 406 g/mol. The first-order valence-corrected chi connectivity index (χ1v) is 12.0. The zero-order valence-electron chi connectivity index (χ0n) is 18.6. The van der Waals surface area contributed by atoms with Crippen molar-refractivity contribution in [3.8, 4) is 0 Å². The first-order chi connectivity index (χ1) is 15.2. The van der Waals surface area contributed by atoms with Crippen molar-refractivity contribution in [2.24, 2.45) is 0 Å². The third kappa shape index (κ3) is 7.10. The van der Waals surface area contributed by atoms with Gasteiger partial charge in [-0.3, -0.25) is 4.79 Å². The van der Waals surface area contributed by atoms with Gasteiger partial charge in [-0.25, -0.2) is 4.98 Å². The van der Waals surface area contributed by atoms with Gasteiger partial charge in [0.05, 0.1) is 17.5 Å². The summed E-state index contributed by atoms with van der Waals surface area (Å²) in [6, 6.07) is 15.8. The van der Waals surface area contributed by atoms with E-state index in [-0.39, 0.29) is 5.91 Å². The molecule has 0 saturated carbocycles. The fourth-order valence-corrected chi connectivity index (χ4v) is 4.19. The van der Waals surface area contributed by atoms with Crippen molar-refractivity contribution in [2.45, 2.75) is 71.3 Å². The monoisotopic (exact) mass is 439 g/mol. The summed E-state index contributed by atoms with van der Waals surface area (Å²) < 4.78 is 2.33. The topological polar surface area (TPSA) is 46.9 Å². The van der Waals surface area contributed by atoms with E-state index in [2.05, 4.69) is 35.0 Å². The molecule has 4 nitrogen and oxygen atoms in total. The van der Waals surface area contributed by atoms with Crippen LogP contribution in [0.1, 0.15) is 63.3 Å². The number of imidazole rings is 1. The minimum atomic E-state index is -0.0113. The summed E-state index contributed by atoms with van der Waals surface area (Å²) in [6.45, 7) is 3.81. The lowest BCUT2D eigenvalue weighted by Crippen LogP contribution is -2.28. The summed E-state index contributed by atoms with van der Waals surface area (Å²) in [7, 11) is 0. The minimum absolute atomic E-state index is 0.0113. The number of fused-ring (bicyclic) bond motifs is 1. The van der Waals surface area contributed by atoms with E-state index in [0.29, 0.717) is 18.0 Å². The van der Waals surface area contributed by atoms with Gasteiger partial charge in [-0.2, -0.15) is 0 Å². The van der Waals surface area contributed by atoms with Crippen LogP contribution in [0.15, 0.2) is 48.5 Å². The number of carbonyl (C=O) groups is 1. The Kier molecular flexibility index (Phi) is 9.41. The van der Waals surface area contributed by atoms with E-state index < -0.39 is 0 Å². The number of nitrogens with zero attached hydrogens (tertiary/aromatic N) is 2. The Bertz CT molecular complexity index is 966. The Balaban J connectivity index is 1.53. The molecule has 3 aromatic rings. The highest BCUT2D eigenvalue weighted by Crippen LogP contribution is 2.18. The molecule has 166 valence electrons. The maximum Gasteiger partial charge on any atom is 0.224 e. The van der Waals surface area contributed by atoms with E-state index in [0.717, 1.165) is 29.9 Å². The number of hydrogen-bond acceptors (Lipinski definition) is 2. The standard InChI is InChI=1S/C26H34ClN3O/c1-2-3-4-5-6-7-12-19-30-24-16-11-10-15-23(24)29-25(30)17-18-28-26(31)20-21-13-8-9-14-22(21)27/h8-11,13-16H,2-7,12,17-20H2,1H3,(H,28,31). The van der Waals surface area contributed by atoms with Crippen molar-refractivity contribution in [3.05, 3.63) is 64.9 Å². The number of halogens is 1. The lowest BCUT2D eigenvalue weighted by Gasteiger charge is -2.10. The molecule has 3 rings (SSSR count). The summed E-state index contributed by atoms with van der Waals surface area (Å²) in [5, 5.41) is 3.66. The number of rotatable bonds is 13. The van der Waals surface area contributed by atoms with Crippen LogP contribution in [-0.4, -0.2) is 22.0 Å². The number of aromatic nitrogens is 2. The van der Waals surface area contributed by atoms with Crippen LogP contribution >= 0.6 is 11.6 Å². The number of hydrogen-bond donors (Lipinski definition) is 1. The van der Waals surface area contributed by atoms with Gasteiger partial charge in [0.25, 0.3) is 0 Å². The van der Waals surface area contributed by atoms with Crippen molar-refractivity contribution in [1.82, 2.24) is 14.9 Å². The molecule has 0 atom stereocenters. The van der Waals surface area contributed by atoms with Crippen LogP contribution in [0.4, 0.5) is 0 Å². The van der Waals surface area contributed by atoms with Gasteiger partial charge < -0.3 is 9.88 Å². The smallest absolute Gasteiger partial charge is 0.224 e. The molecule has 2 aromatic carbocycles. The van der Waals surface area contributed by atoms with Gasteiger partial charge in [-0.1, -0.05) is 87.4 Å². The van der Waals surface area contributed by atoms with Crippen LogP contribution < -0.4 is 5.32 Å². The molecule has 0 spiro atoms. The Morgan fingerprint density at radius 1 is 0.968 bits per heavy atom. The highest BCUT2D eigenvalue weighted by molar-refractivity contribution is 6.31. The van der Waals surface area contributed by atoms with Crippen LogP contribution in [0.25, 0.3) is 11.0 Å². The molecule has 1 amide bonds. The number of unbranched alkanes of at least 4 members (excludes halogenated alkanes) is 6. The highest BCUT2D eigenvalue weighted by atomic mass is 35.5. The van der Waals surface area contributed by atoms with Crippen molar-refractivity contribution in [2.75, 3.05) is 6.54 Å². The minimum Gasteiger partial charge on any atom is -0.355 e. The maximum absolute atomic E-state index is 12.3. The molecule has 0 radical (unpaired) electrons. The van der Waals surface area contributed by atoms with Crippen molar-refractivity contribution < 1.29 is 4.79 Å². The van der Waals surface area contributed by atoms with E-state index in [1.165, 1.54) is 50.5 Å². The molecule has 0 unspecified atom stereocenters. The SMILES string of the molecule is CCCCCCCCCn1c(CCNC(=O)Cc2ccccc2Cl)nc2ccccc21.